The van der Waals surface area contributed by atoms with Gasteiger partial charge in [0.2, 0.25) is 0 Å². The van der Waals surface area contributed by atoms with Crippen LogP contribution in [0, 0.1) is 0 Å². The van der Waals surface area contributed by atoms with Gasteiger partial charge in [-0.2, -0.15) is 0 Å². The molecule has 4 nitrogen and oxygen atoms in total. The molecule has 0 aliphatic carbocycles. The van der Waals surface area contributed by atoms with Crippen LogP contribution in [0.2, 0.25) is 0 Å². The number of Topliss-reactive ketones (excluding diaryl/α,β-unsaturated/α-hetero) is 1. The number of rotatable bonds is 3. The molecule has 0 aromatic rings. The van der Waals surface area contributed by atoms with E-state index in [1.807, 2.05) is 0 Å². The number of hydrogen-bond acceptors (Lipinski definition) is 4. The zero-order chi connectivity index (χ0) is 11.9. The first-order chi connectivity index (χ1) is 6.20. The van der Waals surface area contributed by atoms with Crippen LogP contribution in [0.15, 0.2) is 0 Å². The van der Waals surface area contributed by atoms with Gasteiger partial charge in [0.15, 0.2) is 0 Å². The molecule has 0 atom stereocenters. The van der Waals surface area contributed by atoms with Crippen molar-refractivity contribution in [1.82, 2.24) is 0 Å². The third kappa shape index (κ3) is 9.26. The van der Waals surface area contributed by atoms with E-state index in [2.05, 4.69) is 0 Å². The van der Waals surface area contributed by atoms with Crippen molar-refractivity contribution in [1.29, 1.82) is 0 Å². The van der Waals surface area contributed by atoms with Crippen LogP contribution < -0.4 is 0 Å². The Morgan fingerprint density at radius 3 is 0.786 bits per heavy atom. The predicted molar refractivity (Wildman–Crippen MR) is 48.4 cm³/mol. The van der Waals surface area contributed by atoms with Crippen molar-refractivity contribution >= 4 is 20.0 Å². The fraction of sp³-hybridized carbons (Fsp3) is 0.556. The minimum atomic E-state index is -1.43. The fourth-order valence-electron chi connectivity index (χ4n) is 0.470. The number of hydrogen-bond donors (Lipinski definition) is 0. The summed E-state index contributed by atoms with van der Waals surface area (Å²) in [6.45, 7) is 6.84. The Labute approximate surface area is 87.7 Å². The van der Waals surface area contributed by atoms with Crippen LogP contribution in [0.3, 0.4) is 0 Å². The minimum absolute atomic E-state index is 0.167. The van der Waals surface area contributed by atoms with E-state index >= 15 is 0 Å². The van der Waals surface area contributed by atoms with Gasteiger partial charge in [0, 0.05) is 0 Å². The SMILES string of the molecule is CC(C)=O.C[C](=O)[Ni]([C](C)=O)[C](C)=O. The van der Waals surface area contributed by atoms with Crippen molar-refractivity contribution in [2.24, 2.45) is 0 Å². The average molecular weight is 246 g/mol. The van der Waals surface area contributed by atoms with E-state index in [9.17, 15) is 19.2 Å². The summed E-state index contributed by atoms with van der Waals surface area (Å²) in [6.07, 6.45) is 0. The average Bonchev–Trinajstić information content (AvgIpc) is 1.80. The normalized spacial score (nSPS) is 9.36. The van der Waals surface area contributed by atoms with Gasteiger partial charge in [0.25, 0.3) is 0 Å². The fourth-order valence-corrected chi connectivity index (χ4v) is 1.94. The molecule has 0 rings (SSSR count). The third-order valence-corrected chi connectivity index (χ3v) is 2.75. The van der Waals surface area contributed by atoms with Crippen molar-refractivity contribution in [2.45, 2.75) is 34.6 Å². The summed E-state index contributed by atoms with van der Waals surface area (Å²) in [5.41, 5.74) is 0. The number of carbonyl (C=O) groups excluding carboxylic acids is 4. The first-order valence-corrected chi connectivity index (χ1v) is 5.27. The van der Waals surface area contributed by atoms with E-state index in [0.29, 0.717) is 0 Å². The Morgan fingerprint density at radius 1 is 0.643 bits per heavy atom. The topological polar surface area (TPSA) is 68.3 Å². The molecular formula is C9H15NiO4. The second kappa shape index (κ2) is 7.57. The maximum absolute atomic E-state index is 10.6. The Morgan fingerprint density at radius 2 is 0.786 bits per heavy atom. The van der Waals surface area contributed by atoms with Crippen LogP contribution in [-0.4, -0.2) is 20.0 Å². The maximum atomic E-state index is 10.6. The summed E-state index contributed by atoms with van der Waals surface area (Å²) in [7, 11) is 0. The summed E-state index contributed by atoms with van der Waals surface area (Å²) < 4.78 is -1.000. The number of ketones is 1. The molecule has 0 aromatic carbocycles. The summed E-state index contributed by atoms with van der Waals surface area (Å²) in [4.78, 5) is 41.3. The molecule has 0 aromatic heterocycles. The van der Waals surface area contributed by atoms with Crippen LogP contribution in [0.5, 0.6) is 0 Å². The van der Waals surface area contributed by atoms with E-state index in [1.54, 1.807) is 0 Å². The van der Waals surface area contributed by atoms with Gasteiger partial charge in [0.1, 0.15) is 5.78 Å². The molecule has 85 valence electrons. The molecule has 0 N–H and O–H groups in total. The first-order valence-electron chi connectivity index (χ1n) is 3.79. The third-order valence-electron chi connectivity index (χ3n) is 0.668. The summed E-state index contributed by atoms with van der Waals surface area (Å²) >= 11 is -1.43. The molecule has 0 aliphatic heterocycles. The van der Waals surface area contributed by atoms with Gasteiger partial charge in [-0.05, 0) is 13.8 Å². The van der Waals surface area contributed by atoms with E-state index < -0.39 is 13.4 Å². The van der Waals surface area contributed by atoms with Crippen molar-refractivity contribution < 1.29 is 32.6 Å². The molecule has 0 saturated carbocycles. The van der Waals surface area contributed by atoms with Crippen LogP contribution in [0.1, 0.15) is 34.6 Å². The van der Waals surface area contributed by atoms with Crippen LogP contribution in [-0.2, 0) is 32.6 Å². The van der Waals surface area contributed by atoms with Crippen LogP contribution >= 0.6 is 0 Å². The van der Waals surface area contributed by atoms with Crippen LogP contribution in [0.4, 0.5) is 0 Å². The van der Waals surface area contributed by atoms with Gasteiger partial charge in [-0.1, -0.05) is 0 Å². The molecule has 0 unspecified atom stereocenters. The van der Waals surface area contributed by atoms with Crippen molar-refractivity contribution in [3.8, 4) is 0 Å². The Hall–Kier alpha value is -0.826. The zero-order valence-corrected chi connectivity index (χ0v) is 9.94. The quantitative estimate of drug-likeness (QED) is 0.692. The molecule has 0 bridgehead atoms. The van der Waals surface area contributed by atoms with Crippen molar-refractivity contribution in [2.75, 3.05) is 0 Å². The number of carbonyl (C=O) groups is 4. The van der Waals surface area contributed by atoms with E-state index in [1.165, 1.54) is 34.6 Å². The molecule has 0 spiro atoms. The Bertz CT molecular complexity index is 220. The monoisotopic (exact) mass is 245 g/mol. The zero-order valence-electron chi connectivity index (χ0n) is 8.95. The Balaban J connectivity index is 0. The molecule has 0 radical (unpaired) electrons. The van der Waals surface area contributed by atoms with Crippen molar-refractivity contribution in [3.05, 3.63) is 0 Å². The van der Waals surface area contributed by atoms with Gasteiger partial charge in [-0.3, -0.25) is 0 Å². The van der Waals surface area contributed by atoms with Gasteiger partial charge in [-0.15, -0.1) is 0 Å². The molecule has 0 saturated heterocycles. The Kier molecular flexibility index (Phi) is 8.45. The van der Waals surface area contributed by atoms with Gasteiger partial charge in [-0.25, -0.2) is 0 Å². The first kappa shape index (κ1) is 15.6. The standard InChI is InChI=1S/C3H6O.3C2H3O.Ni/c1-3(2)4;3*1-2-3;/h1-2H3;3*1H3;. The van der Waals surface area contributed by atoms with Crippen molar-refractivity contribution in [3.63, 3.8) is 0 Å². The van der Waals surface area contributed by atoms with Crippen LogP contribution in [0.25, 0.3) is 0 Å². The second-order valence-electron chi connectivity index (χ2n) is 2.43. The van der Waals surface area contributed by atoms with E-state index in [-0.39, 0.29) is 20.0 Å². The molecule has 0 heterocycles. The molecule has 5 heteroatoms. The molecule has 0 aliphatic rings. The van der Waals surface area contributed by atoms with Gasteiger partial charge in [0.05, 0.1) is 0 Å². The molecular weight excluding hydrogens is 231 g/mol. The van der Waals surface area contributed by atoms with Gasteiger partial charge >= 0.3 is 62.8 Å². The summed E-state index contributed by atoms with van der Waals surface area (Å²) in [5.74, 6) is 0.167. The summed E-state index contributed by atoms with van der Waals surface area (Å²) in [5, 5.41) is 0. The molecule has 14 heavy (non-hydrogen) atoms. The second-order valence-corrected chi connectivity index (χ2v) is 5.25. The molecule has 0 fully saturated rings. The van der Waals surface area contributed by atoms with E-state index in [4.69, 9.17) is 0 Å². The summed E-state index contributed by atoms with van der Waals surface area (Å²) in [6, 6.07) is 0. The van der Waals surface area contributed by atoms with Gasteiger partial charge < -0.3 is 4.79 Å². The molecule has 0 amide bonds. The van der Waals surface area contributed by atoms with E-state index in [0.717, 1.165) is 0 Å². The predicted octanol–water partition coefficient (Wildman–Crippen LogP) is 0.839.